The Labute approximate surface area is 211 Å². The summed E-state index contributed by atoms with van der Waals surface area (Å²) in [5.74, 6) is -0.241. The maximum atomic E-state index is 13.5. The summed E-state index contributed by atoms with van der Waals surface area (Å²) in [6, 6.07) is 12.3. The van der Waals surface area contributed by atoms with Crippen molar-refractivity contribution in [2.45, 2.75) is 76.9 Å². The quantitative estimate of drug-likeness (QED) is 0.402. The maximum Gasteiger partial charge on any atom is 0.243 e. The predicted molar refractivity (Wildman–Crippen MR) is 136 cm³/mol. The Morgan fingerprint density at radius 2 is 1.61 bits per heavy atom. The first-order valence-corrected chi connectivity index (χ1v) is 12.8. The molecule has 2 amide bonds. The molecule has 1 aliphatic rings. The molecular formula is C26H31Cl3N2O2. The van der Waals surface area contributed by atoms with Crippen molar-refractivity contribution in [3.8, 4) is 0 Å². The molecule has 0 radical (unpaired) electrons. The van der Waals surface area contributed by atoms with Gasteiger partial charge in [0.05, 0.1) is 0 Å². The number of carbonyl (C=O) groups is 2. The zero-order chi connectivity index (χ0) is 23.8. The topological polar surface area (TPSA) is 49.4 Å². The molecule has 1 N–H and O–H groups in total. The molecule has 4 nitrogen and oxygen atoms in total. The number of carbonyl (C=O) groups excluding carboxylic acids is 2. The summed E-state index contributed by atoms with van der Waals surface area (Å²) in [6.45, 7) is 2.10. The summed E-state index contributed by atoms with van der Waals surface area (Å²) in [4.78, 5) is 28.4. The number of hydrogen-bond acceptors (Lipinski definition) is 2. The van der Waals surface area contributed by atoms with Crippen LogP contribution in [0.4, 0.5) is 0 Å². The number of nitrogens with one attached hydrogen (secondary N) is 1. The Morgan fingerprint density at radius 1 is 0.970 bits per heavy atom. The SMILES string of the molecule is CCC(C(=O)NC1CCCCC1)N(Cc1c(Cl)cccc1Cl)C(=O)CCc1ccccc1Cl. The van der Waals surface area contributed by atoms with Crippen LogP contribution in [0.2, 0.25) is 15.1 Å². The van der Waals surface area contributed by atoms with Gasteiger partial charge in [-0.1, -0.05) is 85.3 Å². The minimum atomic E-state index is -0.599. The molecule has 2 aromatic rings. The normalized spacial score (nSPS) is 15.2. The third-order valence-corrected chi connectivity index (χ3v) is 7.37. The van der Waals surface area contributed by atoms with Gasteiger partial charge in [0, 0.05) is 39.6 Å². The monoisotopic (exact) mass is 508 g/mol. The molecule has 0 heterocycles. The van der Waals surface area contributed by atoms with E-state index in [4.69, 9.17) is 34.8 Å². The Morgan fingerprint density at radius 3 is 2.24 bits per heavy atom. The Kier molecular flexibility index (Phi) is 9.91. The summed E-state index contributed by atoms with van der Waals surface area (Å²) in [7, 11) is 0. The van der Waals surface area contributed by atoms with Crippen molar-refractivity contribution >= 4 is 46.6 Å². The molecule has 1 fully saturated rings. The molecule has 3 rings (SSSR count). The van der Waals surface area contributed by atoms with Gasteiger partial charge in [0.25, 0.3) is 0 Å². The highest BCUT2D eigenvalue weighted by Gasteiger charge is 2.31. The molecular weight excluding hydrogens is 479 g/mol. The number of amides is 2. The minimum absolute atomic E-state index is 0.112. The van der Waals surface area contributed by atoms with Gasteiger partial charge in [-0.25, -0.2) is 0 Å². The molecule has 0 aliphatic heterocycles. The van der Waals surface area contributed by atoms with Gasteiger partial charge in [0.15, 0.2) is 0 Å². The Balaban J connectivity index is 1.81. The van der Waals surface area contributed by atoms with E-state index in [-0.39, 0.29) is 30.8 Å². The van der Waals surface area contributed by atoms with E-state index in [1.54, 1.807) is 23.1 Å². The van der Waals surface area contributed by atoms with Crippen LogP contribution in [0.15, 0.2) is 42.5 Å². The average Bonchev–Trinajstić information content (AvgIpc) is 2.80. The zero-order valence-corrected chi connectivity index (χ0v) is 21.2. The number of aryl methyl sites for hydroxylation is 1. The highest BCUT2D eigenvalue weighted by molar-refractivity contribution is 6.36. The predicted octanol–water partition coefficient (Wildman–Crippen LogP) is 6.84. The van der Waals surface area contributed by atoms with Gasteiger partial charge < -0.3 is 10.2 Å². The van der Waals surface area contributed by atoms with Crippen molar-refractivity contribution in [1.29, 1.82) is 0 Å². The first kappa shape index (κ1) is 25.9. The van der Waals surface area contributed by atoms with Crippen LogP contribution in [0.5, 0.6) is 0 Å². The van der Waals surface area contributed by atoms with Gasteiger partial charge in [-0.3, -0.25) is 9.59 Å². The minimum Gasteiger partial charge on any atom is -0.352 e. The lowest BCUT2D eigenvalue weighted by molar-refractivity contribution is -0.141. The van der Waals surface area contributed by atoms with Crippen LogP contribution in [0.3, 0.4) is 0 Å². The van der Waals surface area contributed by atoms with E-state index in [1.807, 2.05) is 31.2 Å². The number of benzene rings is 2. The lowest BCUT2D eigenvalue weighted by Crippen LogP contribution is -2.51. The standard InChI is InChI=1S/C26H31Cl3N2O2/c1-2-24(26(33)30-19-10-4-3-5-11-19)31(17-20-22(28)13-8-14-23(20)29)25(32)16-15-18-9-6-7-12-21(18)27/h6-9,12-14,19,24H,2-5,10-11,15-17H2,1H3,(H,30,33). The summed E-state index contributed by atoms with van der Waals surface area (Å²) in [6.07, 6.45) is 6.65. The molecule has 1 saturated carbocycles. The second-order valence-corrected chi connectivity index (χ2v) is 9.80. The molecule has 1 aliphatic carbocycles. The lowest BCUT2D eigenvalue weighted by atomic mass is 9.95. The van der Waals surface area contributed by atoms with Gasteiger partial charge in [0.2, 0.25) is 11.8 Å². The third-order valence-electron chi connectivity index (χ3n) is 6.29. The molecule has 178 valence electrons. The number of nitrogens with zero attached hydrogens (tertiary/aromatic N) is 1. The van der Waals surface area contributed by atoms with Crippen LogP contribution in [0.25, 0.3) is 0 Å². The molecule has 2 aromatic carbocycles. The fourth-order valence-electron chi connectivity index (χ4n) is 4.40. The van der Waals surface area contributed by atoms with Gasteiger partial charge in [-0.05, 0) is 49.4 Å². The van der Waals surface area contributed by atoms with Gasteiger partial charge in [-0.2, -0.15) is 0 Å². The summed E-state index contributed by atoms with van der Waals surface area (Å²) < 4.78 is 0. The van der Waals surface area contributed by atoms with Crippen LogP contribution < -0.4 is 5.32 Å². The van der Waals surface area contributed by atoms with Crippen LogP contribution in [0, 0.1) is 0 Å². The number of rotatable bonds is 9. The molecule has 0 aromatic heterocycles. The molecule has 7 heteroatoms. The maximum absolute atomic E-state index is 13.5. The van der Waals surface area contributed by atoms with Crippen molar-refractivity contribution in [1.82, 2.24) is 10.2 Å². The second kappa shape index (κ2) is 12.6. The molecule has 33 heavy (non-hydrogen) atoms. The van der Waals surface area contributed by atoms with E-state index in [2.05, 4.69) is 5.32 Å². The van der Waals surface area contributed by atoms with Crippen molar-refractivity contribution in [2.75, 3.05) is 0 Å². The van der Waals surface area contributed by atoms with E-state index in [1.165, 1.54) is 6.42 Å². The van der Waals surface area contributed by atoms with E-state index in [0.717, 1.165) is 31.2 Å². The Hall–Kier alpha value is -1.75. The number of hydrogen-bond donors (Lipinski definition) is 1. The molecule has 0 bridgehead atoms. The molecule has 0 saturated heterocycles. The van der Waals surface area contributed by atoms with E-state index in [0.29, 0.717) is 33.5 Å². The van der Waals surface area contributed by atoms with Gasteiger partial charge >= 0.3 is 0 Å². The zero-order valence-electron chi connectivity index (χ0n) is 19.0. The van der Waals surface area contributed by atoms with Crippen molar-refractivity contribution in [2.24, 2.45) is 0 Å². The van der Waals surface area contributed by atoms with Crippen LogP contribution in [-0.2, 0) is 22.6 Å². The van der Waals surface area contributed by atoms with E-state index in [9.17, 15) is 9.59 Å². The highest BCUT2D eigenvalue weighted by Crippen LogP contribution is 2.28. The molecule has 1 atom stereocenters. The summed E-state index contributed by atoms with van der Waals surface area (Å²) in [5, 5.41) is 4.78. The van der Waals surface area contributed by atoms with Crippen LogP contribution >= 0.6 is 34.8 Å². The van der Waals surface area contributed by atoms with Crippen LogP contribution in [-0.4, -0.2) is 28.8 Å². The fraction of sp³-hybridized carbons (Fsp3) is 0.462. The van der Waals surface area contributed by atoms with Crippen molar-refractivity contribution < 1.29 is 9.59 Å². The average molecular weight is 510 g/mol. The smallest absolute Gasteiger partial charge is 0.243 e. The summed E-state index contributed by atoms with van der Waals surface area (Å²) in [5.41, 5.74) is 1.55. The van der Waals surface area contributed by atoms with Crippen LogP contribution in [0.1, 0.15) is 63.0 Å². The lowest BCUT2D eigenvalue weighted by Gasteiger charge is -2.33. The first-order chi connectivity index (χ1) is 15.9. The Bertz CT molecular complexity index is 940. The molecule has 1 unspecified atom stereocenters. The van der Waals surface area contributed by atoms with Crippen molar-refractivity contribution in [3.63, 3.8) is 0 Å². The highest BCUT2D eigenvalue weighted by atomic mass is 35.5. The van der Waals surface area contributed by atoms with E-state index < -0.39 is 6.04 Å². The van der Waals surface area contributed by atoms with E-state index >= 15 is 0 Å². The first-order valence-electron chi connectivity index (χ1n) is 11.7. The largest absolute Gasteiger partial charge is 0.352 e. The fourth-order valence-corrected chi connectivity index (χ4v) is 5.15. The van der Waals surface area contributed by atoms with Crippen molar-refractivity contribution in [3.05, 3.63) is 68.7 Å². The third kappa shape index (κ3) is 7.11. The summed E-state index contributed by atoms with van der Waals surface area (Å²) >= 11 is 19.1. The number of halogens is 3. The van der Waals surface area contributed by atoms with Gasteiger partial charge in [0.1, 0.15) is 6.04 Å². The second-order valence-electron chi connectivity index (χ2n) is 8.58. The van der Waals surface area contributed by atoms with Gasteiger partial charge in [-0.15, -0.1) is 0 Å². The molecule has 0 spiro atoms.